The molecule has 0 N–H and O–H groups in total. The van der Waals surface area contributed by atoms with Gasteiger partial charge in [0.25, 0.3) is 0 Å². The highest BCUT2D eigenvalue weighted by Crippen LogP contribution is 2.24. The first kappa shape index (κ1) is 23.2. The summed E-state index contributed by atoms with van der Waals surface area (Å²) in [6.45, 7) is 3.62. The van der Waals surface area contributed by atoms with Crippen LogP contribution in [0.5, 0.6) is 0 Å². The van der Waals surface area contributed by atoms with Crippen LogP contribution in [-0.4, -0.2) is 20.2 Å². The fraction of sp³-hybridized carbons (Fsp3) is 0.167. The Morgan fingerprint density at radius 2 is 1.09 bits per heavy atom. The van der Waals surface area contributed by atoms with E-state index in [-0.39, 0.29) is 23.1 Å². The SMILES string of the molecule is Cc1ccc(C#N)c(SC(=O)Cc2ccc(CC(=O)Sc3nc(C)ccc3C#N)cc2)n1. The van der Waals surface area contributed by atoms with E-state index in [0.717, 1.165) is 46.0 Å². The van der Waals surface area contributed by atoms with Gasteiger partial charge in [-0.05, 0) is 72.8 Å². The van der Waals surface area contributed by atoms with Crippen molar-refractivity contribution in [3.8, 4) is 12.1 Å². The van der Waals surface area contributed by atoms with Crippen molar-refractivity contribution in [3.05, 3.63) is 82.2 Å². The van der Waals surface area contributed by atoms with Gasteiger partial charge in [0.1, 0.15) is 22.2 Å². The molecular weight excluding hydrogens is 440 g/mol. The van der Waals surface area contributed by atoms with Crippen LogP contribution in [0.1, 0.15) is 33.6 Å². The van der Waals surface area contributed by atoms with Crippen LogP contribution in [0.2, 0.25) is 0 Å². The lowest BCUT2D eigenvalue weighted by Gasteiger charge is -2.06. The van der Waals surface area contributed by atoms with Gasteiger partial charge >= 0.3 is 0 Å². The zero-order chi connectivity index (χ0) is 23.1. The lowest BCUT2D eigenvalue weighted by molar-refractivity contribution is -0.111. The minimum Gasteiger partial charge on any atom is -0.286 e. The van der Waals surface area contributed by atoms with Crippen LogP contribution in [0.3, 0.4) is 0 Å². The minimum absolute atomic E-state index is 0.117. The van der Waals surface area contributed by atoms with Crippen LogP contribution >= 0.6 is 23.5 Å². The molecule has 0 aliphatic carbocycles. The van der Waals surface area contributed by atoms with Gasteiger partial charge in [-0.2, -0.15) is 10.5 Å². The Morgan fingerprint density at radius 1 is 0.719 bits per heavy atom. The first-order valence-corrected chi connectivity index (χ1v) is 11.3. The highest BCUT2D eigenvalue weighted by molar-refractivity contribution is 8.13. The predicted octanol–water partition coefficient (Wildman–Crippen LogP) is 4.56. The third-order valence-corrected chi connectivity index (χ3v) is 6.13. The minimum atomic E-state index is -0.117. The quantitative estimate of drug-likeness (QED) is 0.495. The van der Waals surface area contributed by atoms with Gasteiger partial charge in [0.2, 0.25) is 0 Å². The zero-order valence-electron chi connectivity index (χ0n) is 17.5. The smallest absolute Gasteiger partial charge is 0.199 e. The van der Waals surface area contributed by atoms with E-state index in [1.54, 1.807) is 24.3 Å². The summed E-state index contributed by atoms with van der Waals surface area (Å²) in [6.07, 6.45) is 0.375. The van der Waals surface area contributed by atoms with Crippen LogP contribution in [0, 0.1) is 36.5 Å². The Morgan fingerprint density at radius 3 is 1.44 bits per heavy atom. The average Bonchev–Trinajstić information content (AvgIpc) is 2.75. The van der Waals surface area contributed by atoms with Crippen molar-refractivity contribution < 1.29 is 9.59 Å². The molecule has 6 nitrogen and oxygen atoms in total. The number of nitriles is 2. The predicted molar refractivity (Wildman–Crippen MR) is 123 cm³/mol. The number of rotatable bonds is 6. The number of hydrogen-bond donors (Lipinski definition) is 0. The van der Waals surface area contributed by atoms with Crippen molar-refractivity contribution in [2.45, 2.75) is 36.7 Å². The van der Waals surface area contributed by atoms with Crippen molar-refractivity contribution in [1.82, 2.24) is 9.97 Å². The number of hydrogen-bond acceptors (Lipinski definition) is 8. The van der Waals surface area contributed by atoms with Crippen LogP contribution < -0.4 is 0 Å². The van der Waals surface area contributed by atoms with Crippen molar-refractivity contribution in [1.29, 1.82) is 10.5 Å². The number of pyridine rings is 2. The maximum atomic E-state index is 12.4. The monoisotopic (exact) mass is 458 g/mol. The molecular formula is C24H18N4O2S2. The highest BCUT2D eigenvalue weighted by Gasteiger charge is 2.14. The van der Waals surface area contributed by atoms with E-state index in [2.05, 4.69) is 22.1 Å². The molecule has 0 fully saturated rings. The molecule has 0 spiro atoms. The molecule has 3 aromatic rings. The summed E-state index contributed by atoms with van der Waals surface area (Å²) in [6, 6.07) is 18.1. The maximum absolute atomic E-state index is 12.4. The Hall–Kier alpha value is -3.46. The molecule has 3 rings (SSSR count). The van der Waals surface area contributed by atoms with Crippen LogP contribution in [0.4, 0.5) is 0 Å². The van der Waals surface area contributed by atoms with Gasteiger partial charge in [-0.3, -0.25) is 9.59 Å². The molecule has 0 bridgehead atoms. The van der Waals surface area contributed by atoms with Gasteiger partial charge in [0, 0.05) is 24.2 Å². The molecule has 0 saturated heterocycles. The third kappa shape index (κ3) is 6.27. The first-order valence-electron chi connectivity index (χ1n) is 9.62. The Labute approximate surface area is 194 Å². The number of carbonyl (C=O) groups excluding carboxylic acids is 2. The molecule has 0 amide bonds. The number of thioether (sulfide) groups is 2. The van der Waals surface area contributed by atoms with E-state index in [1.807, 2.05) is 38.1 Å². The molecule has 8 heteroatoms. The Bertz CT molecular complexity index is 1160. The molecule has 1 aromatic carbocycles. The molecule has 158 valence electrons. The fourth-order valence-corrected chi connectivity index (χ4v) is 4.52. The van der Waals surface area contributed by atoms with Crippen LogP contribution in [0.25, 0.3) is 0 Å². The van der Waals surface area contributed by atoms with Crippen molar-refractivity contribution in [2.75, 3.05) is 0 Å². The lowest BCUT2D eigenvalue weighted by Crippen LogP contribution is -2.02. The third-order valence-electron chi connectivity index (χ3n) is 4.38. The summed E-state index contributed by atoms with van der Waals surface area (Å²) < 4.78 is 0. The molecule has 0 atom stereocenters. The van der Waals surface area contributed by atoms with E-state index in [4.69, 9.17) is 0 Å². The fourth-order valence-electron chi connectivity index (χ4n) is 2.79. The summed E-state index contributed by atoms with van der Waals surface area (Å²) in [5, 5.41) is 19.0. The summed E-state index contributed by atoms with van der Waals surface area (Å²) in [5.74, 6) is 0. The van der Waals surface area contributed by atoms with Gasteiger partial charge in [-0.1, -0.05) is 24.3 Å². The first-order chi connectivity index (χ1) is 15.4. The topological polar surface area (TPSA) is 107 Å². The van der Waals surface area contributed by atoms with E-state index in [1.165, 1.54) is 0 Å². The second kappa shape index (κ2) is 10.7. The van der Waals surface area contributed by atoms with Gasteiger partial charge in [0.15, 0.2) is 10.2 Å². The van der Waals surface area contributed by atoms with Crippen LogP contribution in [0.15, 0.2) is 58.6 Å². The number of carbonyl (C=O) groups is 2. The van der Waals surface area contributed by atoms with Gasteiger partial charge in [-0.25, -0.2) is 9.97 Å². The number of aromatic nitrogens is 2. The largest absolute Gasteiger partial charge is 0.286 e. The van der Waals surface area contributed by atoms with Crippen LogP contribution in [-0.2, 0) is 22.4 Å². The number of nitrogens with zero attached hydrogens (tertiary/aromatic N) is 4. The molecule has 2 aromatic heterocycles. The molecule has 2 heterocycles. The molecule has 0 unspecified atom stereocenters. The Kier molecular flexibility index (Phi) is 7.77. The lowest BCUT2D eigenvalue weighted by atomic mass is 10.1. The molecule has 0 aliphatic heterocycles. The second-order valence-corrected chi connectivity index (χ2v) is 9.04. The number of benzene rings is 1. The van der Waals surface area contributed by atoms with E-state index >= 15 is 0 Å². The summed E-state index contributed by atoms with van der Waals surface area (Å²) in [4.78, 5) is 33.4. The molecule has 0 aliphatic rings. The van der Waals surface area contributed by atoms with Gasteiger partial charge in [-0.15, -0.1) is 0 Å². The molecule has 0 saturated carbocycles. The summed E-state index contributed by atoms with van der Waals surface area (Å²) in [7, 11) is 0. The normalized spacial score (nSPS) is 10.2. The van der Waals surface area contributed by atoms with E-state index in [0.29, 0.717) is 21.2 Å². The van der Waals surface area contributed by atoms with Gasteiger partial charge < -0.3 is 0 Å². The second-order valence-electron chi connectivity index (χ2n) is 6.95. The summed E-state index contributed by atoms with van der Waals surface area (Å²) >= 11 is 1.92. The van der Waals surface area contributed by atoms with Gasteiger partial charge in [0.05, 0.1) is 11.1 Å². The van der Waals surface area contributed by atoms with Crippen molar-refractivity contribution in [3.63, 3.8) is 0 Å². The van der Waals surface area contributed by atoms with E-state index < -0.39 is 0 Å². The van der Waals surface area contributed by atoms with Crippen molar-refractivity contribution >= 4 is 33.8 Å². The standard InChI is InChI=1S/C24H18N4O2S2/c1-15-3-9-19(13-25)23(27-15)31-21(29)11-17-5-7-18(8-6-17)12-22(30)32-24-20(14-26)10-4-16(2)28-24/h3-10H,11-12H2,1-2H3. The molecule has 32 heavy (non-hydrogen) atoms. The van der Waals surface area contributed by atoms with Crippen molar-refractivity contribution in [2.24, 2.45) is 0 Å². The highest BCUT2D eigenvalue weighted by atomic mass is 32.2. The average molecular weight is 459 g/mol. The number of aryl methyl sites for hydroxylation is 2. The maximum Gasteiger partial charge on any atom is 0.199 e. The summed E-state index contributed by atoms with van der Waals surface area (Å²) in [5.41, 5.74) is 3.86. The molecule has 0 radical (unpaired) electrons. The zero-order valence-corrected chi connectivity index (χ0v) is 19.1. The Balaban J connectivity index is 1.60. The van der Waals surface area contributed by atoms with E-state index in [9.17, 15) is 20.1 Å².